The lowest BCUT2D eigenvalue weighted by molar-refractivity contribution is 0.310. The molecule has 2 N–H and O–H groups in total. The van der Waals surface area contributed by atoms with Crippen LogP contribution >= 0.6 is 0 Å². The van der Waals surface area contributed by atoms with Crippen LogP contribution in [-0.2, 0) is 12.0 Å². The third-order valence-corrected chi connectivity index (χ3v) is 2.27. The van der Waals surface area contributed by atoms with E-state index in [1.54, 1.807) is 19.9 Å². The molecule has 1 heterocycles. The zero-order valence-corrected chi connectivity index (χ0v) is 9.77. The fraction of sp³-hybridized carbons (Fsp3) is 0.333. The maximum Gasteiger partial charge on any atom is 0.246 e. The molecule has 4 nitrogen and oxygen atoms in total. The average molecular weight is 235 g/mol. The summed E-state index contributed by atoms with van der Waals surface area (Å²) < 4.78 is 18.0. The first-order chi connectivity index (χ1) is 7.95. The highest BCUT2D eigenvalue weighted by Gasteiger charge is 2.22. The molecule has 0 amide bonds. The van der Waals surface area contributed by atoms with E-state index in [0.29, 0.717) is 18.1 Å². The molecular weight excluding hydrogens is 221 g/mol. The summed E-state index contributed by atoms with van der Waals surface area (Å²) in [4.78, 5) is 4.18. The van der Waals surface area contributed by atoms with Crippen molar-refractivity contribution in [2.45, 2.75) is 25.8 Å². The fourth-order valence-electron chi connectivity index (χ4n) is 1.42. The Hall–Kier alpha value is -1.75. The van der Waals surface area contributed by atoms with Gasteiger partial charge in [-0.2, -0.15) is 4.98 Å². The molecule has 0 unspecified atom stereocenters. The van der Waals surface area contributed by atoms with E-state index in [1.807, 2.05) is 6.07 Å². The summed E-state index contributed by atoms with van der Waals surface area (Å²) in [6, 6.07) is 6.31. The Bertz CT molecular complexity index is 516. The standard InChI is InChI=1S/C12H14FN3O/c1-12(2,14)11-15-10(16-17-11)7-8-4-3-5-9(13)6-8/h3-6H,7,14H2,1-2H3. The third kappa shape index (κ3) is 2.88. The topological polar surface area (TPSA) is 64.9 Å². The number of nitrogens with two attached hydrogens (primary N) is 1. The molecule has 0 aliphatic carbocycles. The second-order valence-corrected chi connectivity index (χ2v) is 4.54. The molecule has 0 atom stereocenters. The van der Waals surface area contributed by atoms with Crippen LogP contribution in [0.1, 0.15) is 31.1 Å². The van der Waals surface area contributed by atoms with Gasteiger partial charge in [0.25, 0.3) is 0 Å². The van der Waals surface area contributed by atoms with Crippen molar-refractivity contribution < 1.29 is 8.91 Å². The Kier molecular flexibility index (Phi) is 2.93. The molecule has 0 aliphatic heterocycles. The zero-order chi connectivity index (χ0) is 12.5. The van der Waals surface area contributed by atoms with E-state index >= 15 is 0 Å². The highest BCUT2D eigenvalue weighted by Crippen LogP contribution is 2.15. The van der Waals surface area contributed by atoms with Gasteiger partial charge in [-0.25, -0.2) is 4.39 Å². The molecule has 17 heavy (non-hydrogen) atoms. The molecule has 0 saturated heterocycles. The number of aromatic nitrogens is 2. The summed E-state index contributed by atoms with van der Waals surface area (Å²) in [5.74, 6) is 0.610. The van der Waals surface area contributed by atoms with Crippen LogP contribution in [0.2, 0.25) is 0 Å². The first-order valence-corrected chi connectivity index (χ1v) is 5.31. The van der Waals surface area contributed by atoms with Gasteiger partial charge in [0.1, 0.15) is 5.82 Å². The molecule has 2 aromatic rings. The number of hydrogen-bond acceptors (Lipinski definition) is 4. The Morgan fingerprint density at radius 2 is 2.18 bits per heavy atom. The summed E-state index contributed by atoms with van der Waals surface area (Å²) in [6.07, 6.45) is 0.428. The molecule has 0 aliphatic rings. The smallest absolute Gasteiger partial charge is 0.246 e. The van der Waals surface area contributed by atoms with E-state index in [4.69, 9.17) is 10.3 Å². The van der Waals surface area contributed by atoms with E-state index in [0.717, 1.165) is 5.56 Å². The highest BCUT2D eigenvalue weighted by molar-refractivity contribution is 5.19. The van der Waals surface area contributed by atoms with Gasteiger partial charge in [-0.1, -0.05) is 17.3 Å². The van der Waals surface area contributed by atoms with Crippen molar-refractivity contribution in [1.82, 2.24) is 10.1 Å². The SMILES string of the molecule is CC(C)(N)c1nc(Cc2cccc(F)c2)no1. The predicted molar refractivity (Wildman–Crippen MR) is 60.7 cm³/mol. The Morgan fingerprint density at radius 1 is 1.41 bits per heavy atom. The minimum absolute atomic E-state index is 0.273. The first-order valence-electron chi connectivity index (χ1n) is 5.31. The highest BCUT2D eigenvalue weighted by atomic mass is 19.1. The normalized spacial score (nSPS) is 11.8. The maximum atomic E-state index is 13.0. The van der Waals surface area contributed by atoms with Crippen LogP contribution in [0.4, 0.5) is 4.39 Å². The maximum absolute atomic E-state index is 13.0. The van der Waals surface area contributed by atoms with Gasteiger partial charge in [0.05, 0.1) is 5.54 Å². The fourth-order valence-corrected chi connectivity index (χ4v) is 1.42. The lowest BCUT2D eigenvalue weighted by atomic mass is 10.1. The quantitative estimate of drug-likeness (QED) is 0.883. The Balaban J connectivity index is 2.17. The van der Waals surface area contributed by atoms with Crippen LogP contribution in [0.3, 0.4) is 0 Å². The van der Waals surface area contributed by atoms with Crippen LogP contribution in [-0.4, -0.2) is 10.1 Å². The van der Waals surface area contributed by atoms with Gasteiger partial charge in [0, 0.05) is 6.42 Å². The molecular formula is C12H14FN3O. The lowest BCUT2D eigenvalue weighted by Gasteiger charge is -2.10. The van der Waals surface area contributed by atoms with Gasteiger partial charge in [-0.15, -0.1) is 0 Å². The van der Waals surface area contributed by atoms with E-state index in [9.17, 15) is 4.39 Å². The van der Waals surface area contributed by atoms with Crippen LogP contribution in [0.25, 0.3) is 0 Å². The summed E-state index contributed by atoms with van der Waals surface area (Å²) in [5.41, 5.74) is 5.97. The number of benzene rings is 1. The van der Waals surface area contributed by atoms with Crippen molar-refractivity contribution in [3.8, 4) is 0 Å². The second kappa shape index (κ2) is 4.25. The molecule has 2 rings (SSSR count). The second-order valence-electron chi connectivity index (χ2n) is 4.54. The first kappa shape index (κ1) is 11.7. The van der Waals surface area contributed by atoms with Crippen molar-refractivity contribution >= 4 is 0 Å². The molecule has 0 spiro atoms. The molecule has 1 aromatic carbocycles. The largest absolute Gasteiger partial charge is 0.337 e. The number of nitrogens with zero attached hydrogens (tertiary/aromatic N) is 2. The lowest BCUT2D eigenvalue weighted by Crippen LogP contribution is -2.29. The van der Waals surface area contributed by atoms with Gasteiger partial charge in [0.15, 0.2) is 5.82 Å². The van der Waals surface area contributed by atoms with Gasteiger partial charge >= 0.3 is 0 Å². The Labute approximate surface area is 98.6 Å². The minimum Gasteiger partial charge on any atom is -0.337 e. The van der Waals surface area contributed by atoms with Crippen molar-refractivity contribution in [1.29, 1.82) is 0 Å². The molecule has 0 radical (unpaired) electrons. The van der Waals surface area contributed by atoms with Gasteiger partial charge in [-0.05, 0) is 31.5 Å². The van der Waals surface area contributed by atoms with Crippen LogP contribution in [0.5, 0.6) is 0 Å². The summed E-state index contributed by atoms with van der Waals surface area (Å²) >= 11 is 0. The van der Waals surface area contributed by atoms with Gasteiger partial charge in [0.2, 0.25) is 5.89 Å². The average Bonchev–Trinajstić information content (AvgIpc) is 2.65. The minimum atomic E-state index is -0.660. The van der Waals surface area contributed by atoms with Crippen LogP contribution in [0.15, 0.2) is 28.8 Å². The van der Waals surface area contributed by atoms with Gasteiger partial charge < -0.3 is 10.3 Å². The number of hydrogen-bond donors (Lipinski definition) is 1. The zero-order valence-electron chi connectivity index (χ0n) is 9.77. The summed E-state index contributed by atoms with van der Waals surface area (Å²) in [6.45, 7) is 3.57. The van der Waals surface area contributed by atoms with Crippen molar-refractivity contribution in [3.63, 3.8) is 0 Å². The van der Waals surface area contributed by atoms with Crippen molar-refractivity contribution in [2.24, 2.45) is 5.73 Å². The summed E-state index contributed by atoms with van der Waals surface area (Å²) in [7, 11) is 0. The molecule has 1 aromatic heterocycles. The molecule has 5 heteroatoms. The van der Waals surface area contributed by atoms with E-state index in [1.165, 1.54) is 12.1 Å². The third-order valence-electron chi connectivity index (χ3n) is 2.27. The number of rotatable bonds is 3. The monoisotopic (exact) mass is 235 g/mol. The van der Waals surface area contributed by atoms with Crippen molar-refractivity contribution in [3.05, 3.63) is 47.4 Å². The van der Waals surface area contributed by atoms with Gasteiger partial charge in [-0.3, -0.25) is 0 Å². The van der Waals surface area contributed by atoms with Crippen LogP contribution in [0, 0.1) is 5.82 Å². The summed E-state index contributed by atoms with van der Waals surface area (Å²) in [5, 5.41) is 3.82. The van der Waals surface area contributed by atoms with Crippen molar-refractivity contribution in [2.75, 3.05) is 0 Å². The van der Waals surface area contributed by atoms with E-state index < -0.39 is 5.54 Å². The molecule has 0 fully saturated rings. The van der Waals surface area contributed by atoms with Crippen LogP contribution < -0.4 is 5.73 Å². The van der Waals surface area contributed by atoms with E-state index in [2.05, 4.69) is 10.1 Å². The van der Waals surface area contributed by atoms with E-state index in [-0.39, 0.29) is 5.82 Å². The number of halogens is 1. The Morgan fingerprint density at radius 3 is 2.76 bits per heavy atom. The predicted octanol–water partition coefficient (Wildman–Crippen LogP) is 1.99. The molecule has 90 valence electrons. The molecule has 0 bridgehead atoms. The molecule has 0 saturated carbocycles.